The molecule has 3 heteroatoms. The van der Waals surface area contributed by atoms with Crippen LogP contribution in [0.1, 0.15) is 149 Å². The minimum Gasteiger partial charge on any atom is -0.496 e. The molecule has 0 spiro atoms. The lowest BCUT2D eigenvalue weighted by atomic mass is 9.47. The normalized spacial score (nSPS) is 29.3. The Morgan fingerprint density at radius 3 is 1.79 bits per heavy atom. The van der Waals surface area contributed by atoms with Crippen molar-refractivity contribution in [2.45, 2.75) is 135 Å². The van der Waals surface area contributed by atoms with E-state index >= 15 is 0 Å². The van der Waals surface area contributed by atoms with Gasteiger partial charge in [0.15, 0.2) is 0 Å². The molecule has 4 aromatic carbocycles. The summed E-state index contributed by atoms with van der Waals surface area (Å²) in [6.45, 7) is 13.9. The van der Waals surface area contributed by atoms with E-state index in [9.17, 15) is 0 Å². The van der Waals surface area contributed by atoms with Crippen LogP contribution >= 0.6 is 0 Å². The molecule has 0 saturated heterocycles. The summed E-state index contributed by atoms with van der Waals surface area (Å²) in [7, 11) is 3.76. The van der Waals surface area contributed by atoms with Crippen molar-refractivity contribution < 1.29 is 9.47 Å². The van der Waals surface area contributed by atoms with Crippen molar-refractivity contribution >= 4 is 0 Å². The Balaban J connectivity index is 1.11. The first-order valence-electron chi connectivity index (χ1n) is 24.6. The fourth-order valence-electron chi connectivity index (χ4n) is 15.4. The number of nitrogens with zero attached hydrogens (tertiary/aromatic N) is 1. The molecule has 8 saturated carbocycles. The molecule has 1 heterocycles. The Morgan fingerprint density at radius 1 is 0.548 bits per heavy atom. The summed E-state index contributed by atoms with van der Waals surface area (Å²) in [6, 6.07) is 30.6. The molecular weight excluding hydrogens is 755 g/mol. The highest BCUT2D eigenvalue weighted by molar-refractivity contribution is 5.91. The van der Waals surface area contributed by atoms with Crippen LogP contribution in [-0.4, -0.2) is 19.2 Å². The highest BCUT2D eigenvalue weighted by Gasteiger charge is 2.53. The van der Waals surface area contributed by atoms with Crippen molar-refractivity contribution in [2.75, 3.05) is 14.2 Å². The van der Waals surface area contributed by atoms with Gasteiger partial charge >= 0.3 is 0 Å². The average molecular weight is 824 g/mol. The Kier molecular flexibility index (Phi) is 10.0. The van der Waals surface area contributed by atoms with Crippen molar-refractivity contribution in [3.8, 4) is 56.3 Å². The number of ether oxygens (including phenoxy) is 2. The maximum atomic E-state index is 6.69. The van der Waals surface area contributed by atoms with E-state index < -0.39 is 0 Å². The first kappa shape index (κ1) is 40.4. The van der Waals surface area contributed by atoms with Gasteiger partial charge in [0, 0.05) is 27.8 Å². The second kappa shape index (κ2) is 15.4. The summed E-state index contributed by atoms with van der Waals surface area (Å²) in [5.41, 5.74) is 18.2. The first-order chi connectivity index (χ1) is 30.0. The van der Waals surface area contributed by atoms with Gasteiger partial charge in [0.25, 0.3) is 0 Å². The van der Waals surface area contributed by atoms with Gasteiger partial charge < -0.3 is 9.47 Å². The second-order valence-corrected chi connectivity index (χ2v) is 22.2. The number of rotatable bonds is 10. The van der Waals surface area contributed by atoms with E-state index in [4.69, 9.17) is 14.5 Å². The maximum Gasteiger partial charge on any atom is 0.130 e. The van der Waals surface area contributed by atoms with Crippen LogP contribution in [0.25, 0.3) is 44.8 Å². The average Bonchev–Trinajstić information content (AvgIpc) is 3.25. The van der Waals surface area contributed by atoms with Crippen LogP contribution in [0.2, 0.25) is 0 Å². The van der Waals surface area contributed by atoms with E-state index in [0.29, 0.717) is 17.8 Å². The van der Waals surface area contributed by atoms with Crippen molar-refractivity contribution in [3.63, 3.8) is 0 Å². The number of pyridine rings is 1. The third-order valence-electron chi connectivity index (χ3n) is 17.5. The van der Waals surface area contributed by atoms with E-state index in [0.717, 1.165) is 64.3 Å². The Labute approximate surface area is 372 Å². The van der Waals surface area contributed by atoms with Crippen molar-refractivity contribution in [1.29, 1.82) is 0 Å². The summed E-state index contributed by atoms with van der Waals surface area (Å²) < 4.78 is 12.9. The van der Waals surface area contributed by atoms with Crippen LogP contribution < -0.4 is 9.47 Å². The topological polar surface area (TPSA) is 31.4 Å². The molecule has 0 radical (unpaired) electrons. The fraction of sp³-hybridized carbons (Fsp3) is 0.508. The predicted molar refractivity (Wildman–Crippen MR) is 256 cm³/mol. The van der Waals surface area contributed by atoms with Gasteiger partial charge in [-0.25, -0.2) is 4.98 Å². The molecule has 322 valence electrons. The second-order valence-electron chi connectivity index (χ2n) is 22.2. The highest BCUT2D eigenvalue weighted by atomic mass is 16.5. The third-order valence-corrected chi connectivity index (χ3v) is 17.5. The van der Waals surface area contributed by atoms with E-state index in [1.807, 2.05) is 14.2 Å². The lowest BCUT2D eigenvalue weighted by Gasteiger charge is -2.57. The quantitative estimate of drug-likeness (QED) is 0.141. The van der Waals surface area contributed by atoms with Gasteiger partial charge in [0.05, 0.1) is 25.6 Å². The van der Waals surface area contributed by atoms with E-state index in [-0.39, 0.29) is 5.41 Å². The fourth-order valence-corrected chi connectivity index (χ4v) is 15.4. The van der Waals surface area contributed by atoms with Crippen molar-refractivity contribution in [2.24, 2.45) is 41.4 Å². The molecule has 0 unspecified atom stereocenters. The summed E-state index contributed by atoms with van der Waals surface area (Å²) in [5.74, 6) is 9.33. The number of aromatic nitrogens is 1. The van der Waals surface area contributed by atoms with Crippen LogP contribution in [-0.2, 0) is 5.41 Å². The summed E-state index contributed by atoms with van der Waals surface area (Å²) in [4.78, 5) is 5.86. The minimum absolute atomic E-state index is 0.215. The SMILES string of the molecule is COc1ccc(C(C)C)cc1-c1ccc(C)c(C2C3CC4CC(C3)CC2C4)c1-c1cccc(-c2cc(C)ccc2-c2cc(C(C)C)cc(C34CC5CC(CC(C5)C3)C4)c2OC)n1. The number of methoxy groups -OCH3 is 2. The molecule has 0 aliphatic heterocycles. The largest absolute Gasteiger partial charge is 0.496 e. The lowest BCUT2D eigenvalue weighted by Crippen LogP contribution is -2.48. The summed E-state index contributed by atoms with van der Waals surface area (Å²) >= 11 is 0. The molecule has 8 aliphatic rings. The van der Waals surface area contributed by atoms with Crippen LogP contribution in [0.15, 0.2) is 78.9 Å². The lowest BCUT2D eigenvalue weighted by molar-refractivity contribution is -0.00616. The molecule has 8 fully saturated rings. The van der Waals surface area contributed by atoms with Crippen LogP contribution in [0, 0.1) is 55.3 Å². The molecular formula is C59H69NO2. The van der Waals surface area contributed by atoms with Crippen molar-refractivity contribution in [1.82, 2.24) is 4.98 Å². The first-order valence-corrected chi connectivity index (χ1v) is 24.6. The Bertz CT molecular complexity index is 2480. The zero-order valence-electron chi connectivity index (χ0n) is 38.8. The van der Waals surface area contributed by atoms with Crippen LogP contribution in [0.3, 0.4) is 0 Å². The molecule has 0 N–H and O–H groups in total. The molecule has 8 aliphatic carbocycles. The number of aryl methyl sites for hydroxylation is 2. The van der Waals surface area contributed by atoms with Crippen LogP contribution in [0.4, 0.5) is 0 Å². The predicted octanol–water partition coefficient (Wildman–Crippen LogP) is 15.6. The molecule has 8 bridgehead atoms. The molecule has 3 nitrogen and oxygen atoms in total. The molecule has 13 rings (SSSR count). The van der Waals surface area contributed by atoms with E-state index in [1.165, 1.54) is 132 Å². The van der Waals surface area contributed by atoms with Gasteiger partial charge in [0.2, 0.25) is 0 Å². The highest BCUT2D eigenvalue weighted by Crippen LogP contribution is 2.64. The maximum absolute atomic E-state index is 6.69. The molecule has 5 aromatic rings. The van der Waals surface area contributed by atoms with Gasteiger partial charge in [-0.15, -0.1) is 0 Å². The van der Waals surface area contributed by atoms with E-state index in [1.54, 1.807) is 5.56 Å². The summed E-state index contributed by atoms with van der Waals surface area (Å²) in [6.07, 6.45) is 15.3. The standard InChI is InChI=1S/C59H69NO2/c1-33(2)42-14-17-54(61-7)49(27-42)47-16-13-36(6)55(56-44-23-37-19-38(25-44)26-45(56)24-37)57(47)53-11-9-10-52(60-53)48-18-35(5)12-15-46(48)50-28-43(34(3)4)29-51(58(50)62-8)59-30-39-20-40(31-59)22-41(21-39)32-59/h9-18,27-29,33-34,37-41,44-45,56H,19-26,30-32H2,1-8H3. The van der Waals surface area contributed by atoms with Gasteiger partial charge in [0.1, 0.15) is 11.5 Å². The van der Waals surface area contributed by atoms with Crippen LogP contribution in [0.5, 0.6) is 11.5 Å². The molecule has 62 heavy (non-hydrogen) atoms. The zero-order valence-corrected chi connectivity index (χ0v) is 38.8. The van der Waals surface area contributed by atoms with Gasteiger partial charge in [-0.05, 0) is 219 Å². The molecule has 0 amide bonds. The minimum atomic E-state index is 0.215. The molecule has 1 aromatic heterocycles. The number of hydrogen-bond donors (Lipinski definition) is 0. The van der Waals surface area contributed by atoms with E-state index in [2.05, 4.69) is 120 Å². The Morgan fingerprint density at radius 2 is 1.16 bits per heavy atom. The smallest absolute Gasteiger partial charge is 0.130 e. The van der Waals surface area contributed by atoms with Crippen molar-refractivity contribution in [3.05, 3.63) is 112 Å². The Hall–Kier alpha value is -4.37. The zero-order chi connectivity index (χ0) is 42.6. The summed E-state index contributed by atoms with van der Waals surface area (Å²) in [5, 5.41) is 0. The van der Waals surface area contributed by atoms with Gasteiger partial charge in [-0.1, -0.05) is 75.7 Å². The third kappa shape index (κ3) is 6.68. The number of hydrogen-bond acceptors (Lipinski definition) is 3. The number of benzene rings is 4. The molecule has 0 atom stereocenters. The monoisotopic (exact) mass is 824 g/mol. The van der Waals surface area contributed by atoms with Gasteiger partial charge in [-0.2, -0.15) is 0 Å². The van der Waals surface area contributed by atoms with Gasteiger partial charge in [-0.3, -0.25) is 0 Å².